The third kappa shape index (κ3) is 3.00. The van der Waals surface area contributed by atoms with Crippen LogP contribution in [0.4, 0.5) is 0 Å². The summed E-state index contributed by atoms with van der Waals surface area (Å²) in [5.41, 5.74) is 2.80. The molecule has 122 valence electrons. The van der Waals surface area contributed by atoms with Crippen molar-refractivity contribution in [2.45, 2.75) is 52.1 Å². The third-order valence-corrected chi connectivity index (χ3v) is 4.49. The van der Waals surface area contributed by atoms with Crippen LogP contribution in [0.3, 0.4) is 0 Å². The molecule has 0 aliphatic carbocycles. The minimum Gasteiger partial charge on any atom is -0.330 e. The maximum Gasteiger partial charge on any atom is 0.272 e. The Morgan fingerprint density at radius 2 is 2.26 bits per heavy atom. The molecule has 0 spiro atoms. The van der Waals surface area contributed by atoms with Gasteiger partial charge in [-0.05, 0) is 43.4 Å². The van der Waals surface area contributed by atoms with E-state index in [9.17, 15) is 4.79 Å². The lowest BCUT2D eigenvalue weighted by Crippen LogP contribution is -2.32. The predicted octanol–water partition coefficient (Wildman–Crippen LogP) is 3.40. The minimum absolute atomic E-state index is 0.0811. The Labute approximate surface area is 137 Å². The number of amides is 1. The Morgan fingerprint density at radius 1 is 1.43 bits per heavy atom. The van der Waals surface area contributed by atoms with Gasteiger partial charge in [-0.2, -0.15) is 5.10 Å². The molecule has 0 radical (unpaired) electrons. The van der Waals surface area contributed by atoms with Gasteiger partial charge in [0.05, 0.1) is 11.7 Å². The number of nitrogens with zero attached hydrogens (tertiary/aromatic N) is 4. The van der Waals surface area contributed by atoms with Gasteiger partial charge in [-0.1, -0.05) is 19.9 Å². The first-order chi connectivity index (χ1) is 11.1. The first-order valence-electron chi connectivity index (χ1n) is 8.40. The van der Waals surface area contributed by atoms with Crippen molar-refractivity contribution in [1.82, 2.24) is 19.7 Å². The fraction of sp³-hybridized carbons (Fsp3) is 0.500. The Balaban J connectivity index is 1.90. The van der Waals surface area contributed by atoms with Gasteiger partial charge in [0.2, 0.25) is 0 Å². The van der Waals surface area contributed by atoms with E-state index in [0.717, 1.165) is 30.6 Å². The first-order valence-corrected chi connectivity index (χ1v) is 8.40. The monoisotopic (exact) mass is 312 g/mol. The molecule has 0 saturated carbocycles. The number of aryl methyl sites for hydroxylation is 1. The van der Waals surface area contributed by atoms with E-state index in [1.165, 1.54) is 0 Å². The van der Waals surface area contributed by atoms with E-state index in [-0.39, 0.29) is 11.9 Å². The average Bonchev–Trinajstić information content (AvgIpc) is 3.22. The molecule has 0 bridgehead atoms. The third-order valence-electron chi connectivity index (χ3n) is 4.49. The van der Waals surface area contributed by atoms with Gasteiger partial charge in [0.1, 0.15) is 5.69 Å². The summed E-state index contributed by atoms with van der Waals surface area (Å²) in [4.78, 5) is 19.3. The van der Waals surface area contributed by atoms with E-state index in [1.807, 2.05) is 34.8 Å². The van der Waals surface area contributed by atoms with Crippen molar-refractivity contribution in [1.29, 1.82) is 0 Å². The molecule has 23 heavy (non-hydrogen) atoms. The van der Waals surface area contributed by atoms with E-state index < -0.39 is 0 Å². The maximum absolute atomic E-state index is 13.1. The summed E-state index contributed by atoms with van der Waals surface area (Å²) < 4.78 is 1.83. The molecule has 3 rings (SSSR count). The second-order valence-corrected chi connectivity index (χ2v) is 6.37. The maximum atomic E-state index is 13.1. The summed E-state index contributed by atoms with van der Waals surface area (Å²) in [5, 5.41) is 4.58. The van der Waals surface area contributed by atoms with Crippen LogP contribution in [0, 0.1) is 0 Å². The van der Waals surface area contributed by atoms with Crippen LogP contribution in [0.2, 0.25) is 0 Å². The van der Waals surface area contributed by atoms with Gasteiger partial charge >= 0.3 is 0 Å². The summed E-state index contributed by atoms with van der Waals surface area (Å²) in [5.74, 6) is 0.402. The molecule has 1 atom stereocenters. The van der Waals surface area contributed by atoms with Gasteiger partial charge in [0, 0.05) is 25.5 Å². The Morgan fingerprint density at radius 3 is 2.91 bits per heavy atom. The molecule has 0 unspecified atom stereocenters. The molecule has 5 heteroatoms. The Hall–Kier alpha value is -2.17. The molecule has 0 N–H and O–H groups in total. The lowest BCUT2D eigenvalue weighted by molar-refractivity contribution is 0.0723. The van der Waals surface area contributed by atoms with Crippen LogP contribution in [0.25, 0.3) is 0 Å². The molecule has 1 fully saturated rings. The van der Waals surface area contributed by atoms with E-state index in [2.05, 4.69) is 30.0 Å². The number of rotatable bonds is 4. The molecule has 1 saturated heterocycles. The van der Waals surface area contributed by atoms with Gasteiger partial charge in [-0.25, -0.2) is 0 Å². The lowest BCUT2D eigenvalue weighted by atomic mass is 10.1. The molecule has 1 amide bonds. The highest BCUT2D eigenvalue weighted by Crippen LogP contribution is 2.33. The fourth-order valence-corrected chi connectivity index (χ4v) is 3.21. The van der Waals surface area contributed by atoms with Crippen LogP contribution in [0.5, 0.6) is 0 Å². The van der Waals surface area contributed by atoms with Gasteiger partial charge in [0.25, 0.3) is 5.91 Å². The number of pyridine rings is 1. The number of likely N-dealkylation sites (tertiary alicyclic amines) is 1. The Bertz CT molecular complexity index is 678. The molecule has 2 aromatic heterocycles. The molecular weight excluding hydrogens is 288 g/mol. The second-order valence-electron chi connectivity index (χ2n) is 6.37. The van der Waals surface area contributed by atoms with Gasteiger partial charge in [-0.3, -0.25) is 14.5 Å². The average molecular weight is 312 g/mol. The van der Waals surface area contributed by atoms with Crippen LogP contribution in [0.1, 0.15) is 67.3 Å². The van der Waals surface area contributed by atoms with Crippen molar-refractivity contribution in [2.24, 2.45) is 0 Å². The molecule has 1 aliphatic heterocycles. The molecule has 5 nitrogen and oxygen atoms in total. The SMILES string of the molecule is CCn1nc(C(C)C)cc1C(=O)N1CCC[C@@H]1c1cccnc1. The Kier molecular flexibility index (Phi) is 4.46. The highest BCUT2D eigenvalue weighted by molar-refractivity contribution is 5.93. The van der Waals surface area contributed by atoms with E-state index in [4.69, 9.17) is 0 Å². The van der Waals surface area contributed by atoms with Crippen molar-refractivity contribution in [3.63, 3.8) is 0 Å². The van der Waals surface area contributed by atoms with Crippen molar-refractivity contribution in [3.8, 4) is 0 Å². The summed E-state index contributed by atoms with van der Waals surface area (Å²) in [6, 6.07) is 6.07. The summed E-state index contributed by atoms with van der Waals surface area (Å²) in [6.45, 7) is 7.73. The van der Waals surface area contributed by atoms with E-state index in [0.29, 0.717) is 18.2 Å². The van der Waals surface area contributed by atoms with Crippen molar-refractivity contribution in [3.05, 3.63) is 47.5 Å². The number of carbonyl (C=O) groups excluding carboxylic acids is 1. The van der Waals surface area contributed by atoms with Crippen LogP contribution in [-0.2, 0) is 6.54 Å². The molecule has 1 aliphatic rings. The van der Waals surface area contributed by atoms with Crippen LogP contribution < -0.4 is 0 Å². The van der Waals surface area contributed by atoms with Crippen LogP contribution in [-0.4, -0.2) is 32.1 Å². The number of hydrogen-bond donors (Lipinski definition) is 0. The van der Waals surface area contributed by atoms with E-state index >= 15 is 0 Å². The van der Waals surface area contributed by atoms with Gasteiger partial charge in [-0.15, -0.1) is 0 Å². The molecular formula is C18H24N4O. The zero-order valence-electron chi connectivity index (χ0n) is 14.1. The molecule has 2 aromatic rings. The zero-order valence-corrected chi connectivity index (χ0v) is 14.1. The van der Waals surface area contributed by atoms with Gasteiger partial charge in [0.15, 0.2) is 0 Å². The number of hydrogen-bond acceptors (Lipinski definition) is 3. The lowest BCUT2D eigenvalue weighted by Gasteiger charge is -2.25. The summed E-state index contributed by atoms with van der Waals surface area (Å²) >= 11 is 0. The quantitative estimate of drug-likeness (QED) is 0.869. The topological polar surface area (TPSA) is 51.0 Å². The second kappa shape index (κ2) is 6.52. The van der Waals surface area contributed by atoms with Crippen molar-refractivity contribution < 1.29 is 4.79 Å². The predicted molar refractivity (Wildman–Crippen MR) is 89.2 cm³/mol. The van der Waals surface area contributed by atoms with Crippen LogP contribution >= 0.6 is 0 Å². The van der Waals surface area contributed by atoms with E-state index in [1.54, 1.807) is 6.20 Å². The van der Waals surface area contributed by atoms with Gasteiger partial charge < -0.3 is 4.90 Å². The largest absolute Gasteiger partial charge is 0.330 e. The highest BCUT2D eigenvalue weighted by Gasteiger charge is 2.32. The van der Waals surface area contributed by atoms with Crippen molar-refractivity contribution >= 4 is 5.91 Å². The number of aromatic nitrogens is 3. The fourth-order valence-electron chi connectivity index (χ4n) is 3.21. The highest BCUT2D eigenvalue weighted by atomic mass is 16.2. The smallest absolute Gasteiger partial charge is 0.272 e. The zero-order chi connectivity index (χ0) is 16.4. The number of carbonyl (C=O) groups is 1. The minimum atomic E-state index is 0.0811. The normalized spacial score (nSPS) is 17.9. The molecule has 0 aromatic carbocycles. The van der Waals surface area contributed by atoms with Crippen molar-refractivity contribution in [2.75, 3.05) is 6.54 Å². The van der Waals surface area contributed by atoms with Crippen LogP contribution in [0.15, 0.2) is 30.6 Å². The molecule has 3 heterocycles. The summed E-state index contributed by atoms with van der Waals surface area (Å²) in [7, 11) is 0. The summed E-state index contributed by atoms with van der Waals surface area (Å²) in [6.07, 6.45) is 5.66. The first kappa shape index (κ1) is 15.7. The standard InChI is InChI=1S/C18H24N4O/c1-4-22-17(11-15(20-22)13(2)3)18(23)21-10-6-8-16(21)14-7-5-9-19-12-14/h5,7,9,11-13,16H,4,6,8,10H2,1-3H3/t16-/m1/s1.